The number of carbonyl (C=O) groups is 1. The Morgan fingerprint density at radius 1 is 1.05 bits per heavy atom. The highest BCUT2D eigenvalue weighted by atomic mass is 19.1. The molecule has 0 saturated carbocycles. The fourth-order valence-corrected chi connectivity index (χ4v) is 2.48. The summed E-state index contributed by atoms with van der Waals surface area (Å²) in [6.07, 6.45) is 3.51. The summed E-state index contributed by atoms with van der Waals surface area (Å²) in [6.45, 7) is 2.69. The fraction of sp³-hybridized carbons (Fsp3) is 0.250. The Morgan fingerprint density at radius 2 is 1.73 bits per heavy atom. The Balaban J connectivity index is 1.57. The second kappa shape index (κ2) is 6.43. The molecule has 3 rings (SSSR count). The van der Waals surface area contributed by atoms with Crippen molar-refractivity contribution < 1.29 is 9.18 Å². The van der Waals surface area contributed by atoms with Crippen LogP contribution in [-0.4, -0.2) is 42.1 Å². The van der Waals surface area contributed by atoms with E-state index in [0.29, 0.717) is 13.1 Å². The number of para-hydroxylation sites is 1. The van der Waals surface area contributed by atoms with Gasteiger partial charge in [0, 0.05) is 44.3 Å². The van der Waals surface area contributed by atoms with Crippen molar-refractivity contribution in [3.63, 3.8) is 0 Å². The van der Waals surface area contributed by atoms with E-state index in [-0.39, 0.29) is 11.7 Å². The Morgan fingerprint density at radius 3 is 2.41 bits per heavy atom. The highest BCUT2D eigenvalue weighted by Gasteiger charge is 2.21. The zero-order chi connectivity index (χ0) is 15.4. The van der Waals surface area contributed by atoms with Gasteiger partial charge in [0.2, 0.25) is 0 Å². The molecular formula is C16H17FN4O. The van der Waals surface area contributed by atoms with Crippen LogP contribution in [0.3, 0.4) is 0 Å². The molecule has 1 aliphatic rings. The van der Waals surface area contributed by atoms with Crippen LogP contribution < -0.4 is 10.2 Å². The van der Waals surface area contributed by atoms with E-state index in [2.05, 4.69) is 15.2 Å². The molecule has 0 spiro atoms. The third-order valence-electron chi connectivity index (χ3n) is 3.71. The highest BCUT2D eigenvalue weighted by Crippen LogP contribution is 2.17. The first-order chi connectivity index (χ1) is 10.7. The summed E-state index contributed by atoms with van der Waals surface area (Å²) < 4.78 is 13.6. The predicted octanol–water partition coefficient (Wildman–Crippen LogP) is 2.57. The van der Waals surface area contributed by atoms with Gasteiger partial charge in [0.05, 0.1) is 5.69 Å². The van der Waals surface area contributed by atoms with Gasteiger partial charge in [-0.05, 0) is 24.3 Å². The molecule has 2 aromatic rings. The number of piperazine rings is 1. The van der Waals surface area contributed by atoms with E-state index in [4.69, 9.17) is 0 Å². The number of benzene rings is 1. The van der Waals surface area contributed by atoms with E-state index >= 15 is 0 Å². The molecule has 1 aromatic carbocycles. The molecule has 0 aliphatic carbocycles. The summed E-state index contributed by atoms with van der Waals surface area (Å²) in [5.41, 5.74) is 1.31. The molecule has 2 heterocycles. The van der Waals surface area contributed by atoms with E-state index in [1.165, 1.54) is 6.07 Å². The standard InChI is InChI=1S/C16H17FN4O/c17-14-3-1-2-4-15(14)19-16(22)21-11-9-20(10-12-21)13-5-7-18-8-6-13/h1-8H,9-12H2,(H,19,22). The molecule has 1 fully saturated rings. The second-order valence-electron chi connectivity index (χ2n) is 5.09. The number of halogens is 1. The first kappa shape index (κ1) is 14.3. The maximum atomic E-state index is 13.6. The molecule has 0 unspecified atom stereocenters. The van der Waals surface area contributed by atoms with Crippen molar-refractivity contribution in [2.45, 2.75) is 0 Å². The second-order valence-corrected chi connectivity index (χ2v) is 5.09. The van der Waals surface area contributed by atoms with Crippen molar-refractivity contribution in [3.05, 3.63) is 54.6 Å². The van der Waals surface area contributed by atoms with Gasteiger partial charge < -0.3 is 15.1 Å². The number of aromatic nitrogens is 1. The van der Waals surface area contributed by atoms with Crippen molar-refractivity contribution in [1.82, 2.24) is 9.88 Å². The normalized spacial score (nSPS) is 14.8. The van der Waals surface area contributed by atoms with Crippen LogP contribution in [0.25, 0.3) is 0 Å². The average molecular weight is 300 g/mol. The summed E-state index contributed by atoms with van der Waals surface area (Å²) in [7, 11) is 0. The van der Waals surface area contributed by atoms with E-state index in [9.17, 15) is 9.18 Å². The van der Waals surface area contributed by atoms with Gasteiger partial charge in [-0.25, -0.2) is 9.18 Å². The van der Waals surface area contributed by atoms with Crippen molar-refractivity contribution >= 4 is 17.4 Å². The number of hydrogen-bond acceptors (Lipinski definition) is 3. The molecule has 114 valence electrons. The highest BCUT2D eigenvalue weighted by molar-refractivity contribution is 5.89. The molecule has 0 bridgehead atoms. The quantitative estimate of drug-likeness (QED) is 0.927. The topological polar surface area (TPSA) is 48.5 Å². The van der Waals surface area contributed by atoms with Crippen molar-refractivity contribution in [2.75, 3.05) is 36.4 Å². The number of amides is 2. The molecule has 0 atom stereocenters. The van der Waals surface area contributed by atoms with Crippen LogP contribution in [0, 0.1) is 5.82 Å². The van der Waals surface area contributed by atoms with Crippen LogP contribution in [0.4, 0.5) is 20.6 Å². The summed E-state index contributed by atoms with van der Waals surface area (Å²) in [4.78, 5) is 20.1. The molecule has 1 saturated heterocycles. The lowest BCUT2D eigenvalue weighted by Gasteiger charge is -2.36. The van der Waals surface area contributed by atoms with Gasteiger partial charge in [-0.2, -0.15) is 0 Å². The third-order valence-corrected chi connectivity index (χ3v) is 3.71. The first-order valence-corrected chi connectivity index (χ1v) is 7.19. The van der Waals surface area contributed by atoms with E-state index in [0.717, 1.165) is 18.8 Å². The van der Waals surface area contributed by atoms with Crippen molar-refractivity contribution in [3.8, 4) is 0 Å². The van der Waals surface area contributed by atoms with Crippen LogP contribution in [0.1, 0.15) is 0 Å². The van der Waals surface area contributed by atoms with E-state index < -0.39 is 5.82 Å². The van der Waals surface area contributed by atoms with Gasteiger partial charge >= 0.3 is 6.03 Å². The average Bonchev–Trinajstić information content (AvgIpc) is 2.58. The van der Waals surface area contributed by atoms with Crippen LogP contribution in [0.5, 0.6) is 0 Å². The van der Waals surface area contributed by atoms with Gasteiger partial charge in [0.15, 0.2) is 0 Å². The Kier molecular flexibility index (Phi) is 4.18. The lowest BCUT2D eigenvalue weighted by molar-refractivity contribution is 0.208. The van der Waals surface area contributed by atoms with E-state index in [1.807, 2.05) is 12.1 Å². The van der Waals surface area contributed by atoms with Gasteiger partial charge in [-0.1, -0.05) is 12.1 Å². The van der Waals surface area contributed by atoms with Gasteiger partial charge in [0.1, 0.15) is 5.82 Å². The minimum Gasteiger partial charge on any atom is -0.368 e. The van der Waals surface area contributed by atoms with Gasteiger partial charge in [-0.15, -0.1) is 0 Å². The predicted molar refractivity (Wildman–Crippen MR) is 83.4 cm³/mol. The largest absolute Gasteiger partial charge is 0.368 e. The van der Waals surface area contributed by atoms with Crippen LogP contribution >= 0.6 is 0 Å². The zero-order valence-corrected chi connectivity index (χ0v) is 12.1. The van der Waals surface area contributed by atoms with Crippen LogP contribution in [0.2, 0.25) is 0 Å². The summed E-state index contributed by atoms with van der Waals surface area (Å²) >= 11 is 0. The molecule has 1 aromatic heterocycles. The molecular weight excluding hydrogens is 283 g/mol. The summed E-state index contributed by atoms with van der Waals surface area (Å²) in [5, 5.41) is 2.62. The number of pyridine rings is 1. The Labute approximate surface area is 128 Å². The maximum Gasteiger partial charge on any atom is 0.322 e. The minimum absolute atomic E-state index is 0.212. The summed E-state index contributed by atoms with van der Waals surface area (Å²) in [5.74, 6) is -0.425. The number of hydrogen-bond donors (Lipinski definition) is 1. The molecule has 5 nitrogen and oxygen atoms in total. The van der Waals surface area contributed by atoms with Gasteiger partial charge in [-0.3, -0.25) is 4.98 Å². The maximum absolute atomic E-state index is 13.6. The molecule has 2 amide bonds. The minimum atomic E-state index is -0.425. The molecule has 22 heavy (non-hydrogen) atoms. The van der Waals surface area contributed by atoms with Gasteiger partial charge in [0.25, 0.3) is 0 Å². The molecule has 0 radical (unpaired) electrons. The molecule has 1 N–H and O–H groups in total. The number of rotatable bonds is 2. The number of carbonyl (C=O) groups excluding carboxylic acids is 1. The van der Waals surface area contributed by atoms with E-state index in [1.54, 1.807) is 35.5 Å². The van der Waals surface area contributed by atoms with Crippen LogP contribution in [0.15, 0.2) is 48.8 Å². The van der Waals surface area contributed by atoms with Crippen LogP contribution in [-0.2, 0) is 0 Å². The Bertz CT molecular complexity index is 642. The third kappa shape index (κ3) is 3.16. The Hall–Kier alpha value is -2.63. The fourth-order valence-electron chi connectivity index (χ4n) is 2.48. The molecule has 1 aliphatic heterocycles. The lowest BCUT2D eigenvalue weighted by Crippen LogP contribution is -2.50. The number of urea groups is 1. The number of nitrogens with zero attached hydrogens (tertiary/aromatic N) is 3. The van der Waals surface area contributed by atoms with Crippen molar-refractivity contribution in [1.29, 1.82) is 0 Å². The smallest absolute Gasteiger partial charge is 0.322 e. The van der Waals surface area contributed by atoms with Crippen molar-refractivity contribution in [2.24, 2.45) is 0 Å². The molecule has 6 heteroatoms. The monoisotopic (exact) mass is 300 g/mol. The summed E-state index contributed by atoms with van der Waals surface area (Å²) in [6, 6.07) is 9.82. The lowest BCUT2D eigenvalue weighted by atomic mass is 10.2. The zero-order valence-electron chi connectivity index (χ0n) is 12.1. The first-order valence-electron chi connectivity index (χ1n) is 7.19. The number of nitrogens with one attached hydrogen (secondary N) is 1. The SMILES string of the molecule is O=C(Nc1ccccc1F)N1CCN(c2ccncc2)CC1. The number of anilines is 2.